The Bertz CT molecular complexity index is 351. The van der Waals surface area contributed by atoms with Crippen LogP contribution in [0, 0.1) is 0 Å². The van der Waals surface area contributed by atoms with E-state index in [0.717, 1.165) is 0 Å². The second-order valence-electron chi connectivity index (χ2n) is 4.49. The van der Waals surface area contributed by atoms with E-state index in [1.165, 1.54) is 0 Å². The summed E-state index contributed by atoms with van der Waals surface area (Å²) >= 11 is 6.00. The maximum Gasteiger partial charge on any atom is 0.228 e. The lowest BCUT2D eigenvalue weighted by Gasteiger charge is -2.31. The van der Waals surface area contributed by atoms with E-state index in [-0.39, 0.29) is 0 Å². The highest BCUT2D eigenvalue weighted by molar-refractivity contribution is 6.31. The molecule has 1 aliphatic rings. The second kappa shape index (κ2) is 6.05. The number of methoxy groups -OCH3 is 1. The van der Waals surface area contributed by atoms with Crippen LogP contribution in [-0.2, 0) is 4.74 Å². The first kappa shape index (κ1) is 14.0. The van der Waals surface area contributed by atoms with E-state index in [2.05, 4.69) is 42.6 Å². The highest BCUT2D eigenvalue weighted by Crippen LogP contribution is 2.16. The van der Waals surface area contributed by atoms with E-state index in [4.69, 9.17) is 16.3 Å². The van der Waals surface area contributed by atoms with Crippen LogP contribution in [0.25, 0.3) is 0 Å². The number of guanidine groups is 1. The van der Waals surface area contributed by atoms with Gasteiger partial charge in [-0.05, 0) is 27.7 Å². The van der Waals surface area contributed by atoms with Crippen LogP contribution in [0.15, 0.2) is 21.2 Å². The van der Waals surface area contributed by atoms with E-state index >= 15 is 0 Å². The number of rotatable bonds is 2. The number of aliphatic imine (C=N–C) groups is 2. The molecule has 17 heavy (non-hydrogen) atoms. The Morgan fingerprint density at radius 2 is 1.88 bits per heavy atom. The predicted octanol–water partition coefficient (Wildman–Crippen LogP) is 2.99. The van der Waals surface area contributed by atoms with Crippen molar-refractivity contribution in [3.63, 3.8) is 0 Å². The van der Waals surface area contributed by atoms with E-state index in [9.17, 15) is 0 Å². The van der Waals surface area contributed by atoms with Gasteiger partial charge < -0.3 is 9.64 Å². The predicted molar refractivity (Wildman–Crippen MR) is 72.5 cm³/mol. The molecule has 0 radical (unpaired) electrons. The molecule has 1 heterocycles. The standard InChI is InChI=1S/C12H20ClN3O/c1-8(2)16(9(3)4)12-14-7-10(13)6-11(15-12)17-5/h7-9H,6H2,1-5H3. The number of hydrogen-bond acceptors (Lipinski definition) is 4. The minimum Gasteiger partial charge on any atom is -0.484 e. The van der Waals surface area contributed by atoms with E-state index in [1.807, 2.05) is 0 Å². The Labute approximate surface area is 108 Å². The smallest absolute Gasteiger partial charge is 0.228 e. The molecule has 0 N–H and O–H groups in total. The molecule has 0 unspecified atom stereocenters. The van der Waals surface area contributed by atoms with Gasteiger partial charge in [0.2, 0.25) is 5.96 Å². The van der Waals surface area contributed by atoms with Gasteiger partial charge in [-0.3, -0.25) is 0 Å². The van der Waals surface area contributed by atoms with Crippen LogP contribution in [0.5, 0.6) is 0 Å². The second-order valence-corrected chi connectivity index (χ2v) is 4.97. The van der Waals surface area contributed by atoms with Crippen LogP contribution in [0.4, 0.5) is 0 Å². The summed E-state index contributed by atoms with van der Waals surface area (Å²) in [5.74, 6) is 1.25. The highest BCUT2D eigenvalue weighted by Gasteiger charge is 2.20. The molecule has 0 amide bonds. The molecule has 0 aromatic carbocycles. The first-order chi connectivity index (χ1) is 7.95. The average Bonchev–Trinajstić information content (AvgIpc) is 2.40. The molecule has 0 aromatic rings. The van der Waals surface area contributed by atoms with Crippen LogP contribution in [0.1, 0.15) is 34.1 Å². The zero-order valence-electron chi connectivity index (χ0n) is 11.1. The van der Waals surface area contributed by atoms with Crippen molar-refractivity contribution in [3.05, 3.63) is 11.2 Å². The first-order valence-electron chi connectivity index (χ1n) is 5.78. The van der Waals surface area contributed by atoms with Gasteiger partial charge in [0.05, 0.1) is 13.5 Å². The lowest BCUT2D eigenvalue weighted by atomic mass is 10.2. The van der Waals surface area contributed by atoms with Crippen molar-refractivity contribution in [2.45, 2.75) is 46.2 Å². The molecule has 1 aliphatic heterocycles. The average molecular weight is 258 g/mol. The van der Waals surface area contributed by atoms with Gasteiger partial charge in [-0.25, -0.2) is 4.99 Å². The number of ether oxygens (including phenoxy) is 1. The van der Waals surface area contributed by atoms with Gasteiger partial charge in [0, 0.05) is 23.3 Å². The molecule has 5 heteroatoms. The van der Waals surface area contributed by atoms with Crippen molar-refractivity contribution in [1.29, 1.82) is 0 Å². The minimum absolute atomic E-state index is 0.320. The summed E-state index contributed by atoms with van der Waals surface area (Å²) in [7, 11) is 1.60. The Kier molecular flexibility index (Phi) is 5.00. The zero-order valence-corrected chi connectivity index (χ0v) is 11.8. The summed E-state index contributed by atoms with van der Waals surface area (Å²) in [5.41, 5.74) is 0. The number of hydrogen-bond donors (Lipinski definition) is 0. The third-order valence-electron chi connectivity index (χ3n) is 2.44. The van der Waals surface area contributed by atoms with Gasteiger partial charge in [0.25, 0.3) is 0 Å². The third-order valence-corrected chi connectivity index (χ3v) is 2.68. The largest absolute Gasteiger partial charge is 0.484 e. The molecule has 0 bridgehead atoms. The minimum atomic E-state index is 0.320. The van der Waals surface area contributed by atoms with Gasteiger partial charge in [-0.15, -0.1) is 0 Å². The van der Waals surface area contributed by atoms with Crippen molar-refractivity contribution < 1.29 is 4.74 Å². The summed E-state index contributed by atoms with van der Waals surface area (Å²) in [6, 6.07) is 0.641. The number of halogens is 1. The molecule has 96 valence electrons. The number of nitrogens with zero attached hydrogens (tertiary/aromatic N) is 3. The Morgan fingerprint density at radius 3 is 2.35 bits per heavy atom. The SMILES string of the molecule is COC1=NC(N(C(C)C)C(C)C)=NC=C(Cl)C1. The summed E-state index contributed by atoms with van der Waals surface area (Å²) in [6.07, 6.45) is 2.14. The molecule has 0 spiro atoms. The lowest BCUT2D eigenvalue weighted by molar-refractivity contribution is 0.288. The molecule has 1 rings (SSSR count). The van der Waals surface area contributed by atoms with Gasteiger partial charge in [0.1, 0.15) is 0 Å². The summed E-state index contributed by atoms with van der Waals surface area (Å²) < 4.78 is 5.20. The third kappa shape index (κ3) is 3.73. The topological polar surface area (TPSA) is 37.2 Å². The van der Waals surface area contributed by atoms with Crippen LogP contribution in [0.2, 0.25) is 0 Å². The maximum atomic E-state index is 6.00. The van der Waals surface area contributed by atoms with Gasteiger partial charge in [0.15, 0.2) is 5.90 Å². The molecular formula is C12H20ClN3O. The molecule has 0 atom stereocenters. The Hall–Kier alpha value is -1.03. The fraction of sp³-hybridized carbons (Fsp3) is 0.667. The quantitative estimate of drug-likeness (QED) is 0.763. The van der Waals surface area contributed by atoms with Crippen molar-refractivity contribution in [3.8, 4) is 0 Å². The molecule has 0 aliphatic carbocycles. The Morgan fingerprint density at radius 1 is 1.29 bits per heavy atom. The van der Waals surface area contributed by atoms with Gasteiger partial charge >= 0.3 is 0 Å². The van der Waals surface area contributed by atoms with Crippen molar-refractivity contribution in [1.82, 2.24) is 4.90 Å². The fourth-order valence-electron chi connectivity index (χ4n) is 1.80. The monoisotopic (exact) mass is 257 g/mol. The van der Waals surface area contributed by atoms with E-state index in [1.54, 1.807) is 13.3 Å². The molecule has 0 saturated heterocycles. The molecule has 0 saturated carbocycles. The van der Waals surface area contributed by atoms with Gasteiger partial charge in [-0.1, -0.05) is 11.6 Å². The first-order valence-corrected chi connectivity index (χ1v) is 6.15. The fourth-order valence-corrected chi connectivity index (χ4v) is 1.96. The van der Waals surface area contributed by atoms with E-state index < -0.39 is 0 Å². The molecule has 0 fully saturated rings. The summed E-state index contributed by atoms with van der Waals surface area (Å²) in [4.78, 5) is 10.9. The van der Waals surface area contributed by atoms with Crippen LogP contribution < -0.4 is 0 Å². The Balaban J connectivity index is 3.08. The highest BCUT2D eigenvalue weighted by atomic mass is 35.5. The van der Waals surface area contributed by atoms with Crippen LogP contribution >= 0.6 is 11.6 Å². The van der Waals surface area contributed by atoms with Crippen LogP contribution in [0.3, 0.4) is 0 Å². The lowest BCUT2D eigenvalue weighted by Crippen LogP contribution is -2.41. The van der Waals surface area contributed by atoms with Crippen molar-refractivity contribution in [2.75, 3.05) is 7.11 Å². The maximum absolute atomic E-state index is 6.00. The molecule has 0 aromatic heterocycles. The van der Waals surface area contributed by atoms with Gasteiger partial charge in [-0.2, -0.15) is 4.99 Å². The van der Waals surface area contributed by atoms with E-state index in [0.29, 0.717) is 35.4 Å². The summed E-state index contributed by atoms with van der Waals surface area (Å²) in [5, 5.41) is 0.632. The molecular weight excluding hydrogens is 238 g/mol. The van der Waals surface area contributed by atoms with Crippen LogP contribution in [-0.4, -0.2) is 36.0 Å². The normalized spacial score (nSPS) is 16.4. The van der Waals surface area contributed by atoms with Crippen molar-refractivity contribution >= 4 is 23.5 Å². The zero-order chi connectivity index (χ0) is 13.0. The molecule has 4 nitrogen and oxygen atoms in total. The van der Waals surface area contributed by atoms with Crippen molar-refractivity contribution in [2.24, 2.45) is 9.98 Å². The summed E-state index contributed by atoms with van der Waals surface area (Å²) in [6.45, 7) is 8.45.